The van der Waals surface area contributed by atoms with Gasteiger partial charge >= 0.3 is 6.18 Å². The van der Waals surface area contributed by atoms with E-state index < -0.39 is 25.2 Å². The summed E-state index contributed by atoms with van der Waals surface area (Å²) < 4.78 is 41.2. The predicted molar refractivity (Wildman–Crippen MR) is 73.1 cm³/mol. The third-order valence-corrected chi connectivity index (χ3v) is 2.60. The van der Waals surface area contributed by atoms with Crippen molar-refractivity contribution in [2.75, 3.05) is 13.2 Å². The van der Waals surface area contributed by atoms with Gasteiger partial charge in [-0.1, -0.05) is 17.7 Å². The van der Waals surface area contributed by atoms with E-state index in [9.17, 15) is 18.0 Å². The van der Waals surface area contributed by atoms with Gasteiger partial charge in [0.15, 0.2) is 6.61 Å². The first kappa shape index (κ1) is 17.3. The molecule has 0 aliphatic heterocycles. The van der Waals surface area contributed by atoms with Crippen molar-refractivity contribution >= 4 is 5.91 Å². The summed E-state index contributed by atoms with van der Waals surface area (Å²) >= 11 is 0. The number of ether oxygens (including phenoxy) is 1. The van der Waals surface area contributed by atoms with Gasteiger partial charge in [0, 0.05) is 6.04 Å². The molecule has 0 saturated heterocycles. The Hall–Kier alpha value is -1.76. The highest BCUT2D eigenvalue weighted by Crippen LogP contribution is 2.21. The lowest BCUT2D eigenvalue weighted by Crippen LogP contribution is -2.36. The molecule has 0 saturated carbocycles. The van der Waals surface area contributed by atoms with Gasteiger partial charge in [0.05, 0.1) is 0 Å². The molecule has 3 N–H and O–H groups in total. The van der Waals surface area contributed by atoms with Crippen LogP contribution in [0, 0.1) is 6.92 Å². The molecule has 7 heteroatoms. The van der Waals surface area contributed by atoms with E-state index in [-0.39, 0.29) is 6.04 Å². The van der Waals surface area contributed by atoms with Crippen LogP contribution < -0.4 is 15.8 Å². The molecule has 1 amide bonds. The lowest BCUT2D eigenvalue weighted by molar-refractivity contribution is -0.139. The van der Waals surface area contributed by atoms with Gasteiger partial charge in [0.25, 0.3) is 5.91 Å². The first-order chi connectivity index (χ1) is 9.67. The number of amides is 1. The number of rotatable bonds is 6. The third kappa shape index (κ3) is 6.99. The summed E-state index contributed by atoms with van der Waals surface area (Å²) in [7, 11) is 0. The standard InChI is InChI=1S/C14H19F3N2O2/c1-9-3-4-12(11(5-9)6-10(2)18)21-7-13(20)19-8-14(15,16)17/h3-5,10H,6-8,18H2,1-2H3,(H,19,20). The van der Waals surface area contributed by atoms with Gasteiger partial charge in [-0.05, 0) is 31.9 Å². The summed E-state index contributed by atoms with van der Waals surface area (Å²) in [4.78, 5) is 11.3. The van der Waals surface area contributed by atoms with Crippen molar-refractivity contribution in [3.63, 3.8) is 0 Å². The molecular weight excluding hydrogens is 285 g/mol. The maximum Gasteiger partial charge on any atom is 0.405 e. The summed E-state index contributed by atoms with van der Waals surface area (Å²) in [5, 5.41) is 1.75. The van der Waals surface area contributed by atoms with Gasteiger partial charge < -0.3 is 15.8 Å². The second kappa shape index (κ2) is 7.31. The molecule has 1 aromatic carbocycles. The second-order valence-corrected chi connectivity index (χ2v) is 4.97. The van der Waals surface area contributed by atoms with Crippen LogP contribution in [-0.2, 0) is 11.2 Å². The van der Waals surface area contributed by atoms with Gasteiger partial charge in [-0.3, -0.25) is 4.79 Å². The van der Waals surface area contributed by atoms with Crippen LogP contribution in [-0.4, -0.2) is 31.3 Å². The van der Waals surface area contributed by atoms with E-state index in [1.54, 1.807) is 17.4 Å². The quantitative estimate of drug-likeness (QED) is 0.844. The van der Waals surface area contributed by atoms with Crippen molar-refractivity contribution in [1.29, 1.82) is 0 Å². The first-order valence-electron chi connectivity index (χ1n) is 6.49. The van der Waals surface area contributed by atoms with Crippen molar-refractivity contribution in [3.05, 3.63) is 29.3 Å². The van der Waals surface area contributed by atoms with Crippen molar-refractivity contribution in [3.8, 4) is 5.75 Å². The third-order valence-electron chi connectivity index (χ3n) is 2.60. The summed E-state index contributed by atoms with van der Waals surface area (Å²) in [6, 6.07) is 5.28. The van der Waals surface area contributed by atoms with E-state index in [0.717, 1.165) is 11.1 Å². The van der Waals surface area contributed by atoms with E-state index in [1.165, 1.54) is 0 Å². The Balaban J connectivity index is 2.60. The average molecular weight is 304 g/mol. The summed E-state index contributed by atoms with van der Waals surface area (Å²) in [6.45, 7) is 1.91. The van der Waals surface area contributed by atoms with Crippen LogP contribution in [0.1, 0.15) is 18.1 Å². The SMILES string of the molecule is Cc1ccc(OCC(=O)NCC(F)(F)F)c(CC(C)N)c1. The van der Waals surface area contributed by atoms with Crippen LogP contribution in [0.25, 0.3) is 0 Å². The van der Waals surface area contributed by atoms with Crippen molar-refractivity contribution in [2.45, 2.75) is 32.5 Å². The molecule has 0 heterocycles. The fraction of sp³-hybridized carbons (Fsp3) is 0.500. The highest BCUT2D eigenvalue weighted by atomic mass is 19.4. The van der Waals surface area contributed by atoms with Gasteiger partial charge in [0.2, 0.25) is 0 Å². The molecule has 0 aromatic heterocycles. The molecule has 21 heavy (non-hydrogen) atoms. The van der Waals surface area contributed by atoms with Crippen molar-refractivity contribution in [1.82, 2.24) is 5.32 Å². The first-order valence-corrected chi connectivity index (χ1v) is 6.49. The molecule has 0 fully saturated rings. The fourth-order valence-corrected chi connectivity index (χ4v) is 1.75. The summed E-state index contributed by atoms with van der Waals surface area (Å²) in [6.07, 6.45) is -3.87. The number of hydrogen-bond donors (Lipinski definition) is 2. The zero-order chi connectivity index (χ0) is 16.0. The van der Waals surface area contributed by atoms with Crippen LogP contribution in [0.15, 0.2) is 18.2 Å². The van der Waals surface area contributed by atoms with Crippen LogP contribution in [0.2, 0.25) is 0 Å². The maximum absolute atomic E-state index is 12.0. The largest absolute Gasteiger partial charge is 0.483 e. The minimum atomic E-state index is -4.43. The highest BCUT2D eigenvalue weighted by Gasteiger charge is 2.27. The van der Waals surface area contributed by atoms with E-state index in [0.29, 0.717) is 12.2 Å². The molecular formula is C14H19F3N2O2. The van der Waals surface area contributed by atoms with E-state index in [2.05, 4.69) is 0 Å². The smallest absolute Gasteiger partial charge is 0.405 e. The Morgan fingerprint density at radius 2 is 2.10 bits per heavy atom. The van der Waals surface area contributed by atoms with Gasteiger partial charge in [0.1, 0.15) is 12.3 Å². The van der Waals surface area contributed by atoms with Crippen molar-refractivity contribution < 1.29 is 22.7 Å². The van der Waals surface area contributed by atoms with Crippen LogP contribution in [0.4, 0.5) is 13.2 Å². The van der Waals surface area contributed by atoms with E-state index >= 15 is 0 Å². The Bertz CT molecular complexity index is 488. The topological polar surface area (TPSA) is 64.3 Å². The minimum absolute atomic E-state index is 0.0896. The maximum atomic E-state index is 12.0. The van der Waals surface area contributed by atoms with Crippen molar-refractivity contribution in [2.24, 2.45) is 5.73 Å². The highest BCUT2D eigenvalue weighted by molar-refractivity contribution is 5.77. The Labute approximate surface area is 121 Å². The fourth-order valence-electron chi connectivity index (χ4n) is 1.75. The Morgan fingerprint density at radius 1 is 1.43 bits per heavy atom. The zero-order valence-corrected chi connectivity index (χ0v) is 12.0. The molecule has 118 valence electrons. The molecule has 0 aliphatic rings. The van der Waals surface area contributed by atoms with Crippen LogP contribution in [0.5, 0.6) is 5.75 Å². The predicted octanol–water partition coefficient (Wildman–Crippen LogP) is 1.94. The van der Waals surface area contributed by atoms with E-state index in [1.807, 2.05) is 19.9 Å². The number of nitrogens with two attached hydrogens (primary N) is 1. The number of carbonyl (C=O) groups excluding carboxylic acids is 1. The number of benzene rings is 1. The van der Waals surface area contributed by atoms with E-state index in [4.69, 9.17) is 10.5 Å². The van der Waals surface area contributed by atoms with Gasteiger partial charge in [-0.15, -0.1) is 0 Å². The summed E-state index contributed by atoms with van der Waals surface area (Å²) in [5.74, 6) is -0.361. The molecule has 4 nitrogen and oxygen atoms in total. The number of alkyl halides is 3. The average Bonchev–Trinajstić information content (AvgIpc) is 2.34. The lowest BCUT2D eigenvalue weighted by atomic mass is 10.0. The molecule has 0 bridgehead atoms. The summed E-state index contributed by atoms with van der Waals surface area (Å²) in [5.41, 5.74) is 7.58. The molecule has 0 radical (unpaired) electrons. The molecule has 1 rings (SSSR count). The Kier molecular flexibility index (Phi) is 6.02. The molecule has 1 unspecified atom stereocenters. The molecule has 0 aliphatic carbocycles. The normalized spacial score (nSPS) is 12.9. The van der Waals surface area contributed by atoms with Crippen LogP contribution >= 0.6 is 0 Å². The molecule has 1 aromatic rings. The second-order valence-electron chi connectivity index (χ2n) is 4.97. The van der Waals surface area contributed by atoms with Gasteiger partial charge in [-0.2, -0.15) is 13.2 Å². The Morgan fingerprint density at radius 3 is 2.67 bits per heavy atom. The number of halogens is 3. The number of aryl methyl sites for hydroxylation is 1. The monoisotopic (exact) mass is 304 g/mol. The van der Waals surface area contributed by atoms with Gasteiger partial charge in [-0.25, -0.2) is 0 Å². The lowest BCUT2D eigenvalue weighted by Gasteiger charge is -2.14. The zero-order valence-electron chi connectivity index (χ0n) is 12.0. The van der Waals surface area contributed by atoms with Crippen LogP contribution in [0.3, 0.4) is 0 Å². The minimum Gasteiger partial charge on any atom is -0.483 e. The molecule has 1 atom stereocenters. The number of nitrogens with one attached hydrogen (secondary N) is 1. The number of hydrogen-bond acceptors (Lipinski definition) is 3. The molecule has 0 spiro atoms. The number of carbonyl (C=O) groups is 1.